The lowest BCUT2D eigenvalue weighted by molar-refractivity contribution is -0.132. The molecule has 0 bridgehead atoms. The van der Waals surface area contributed by atoms with Gasteiger partial charge in [-0.3, -0.25) is 4.79 Å². The van der Waals surface area contributed by atoms with Crippen molar-refractivity contribution in [3.8, 4) is 0 Å². The van der Waals surface area contributed by atoms with Crippen LogP contribution in [-0.2, 0) is 4.74 Å². The summed E-state index contributed by atoms with van der Waals surface area (Å²) < 4.78 is 6.69. The predicted octanol–water partition coefficient (Wildman–Crippen LogP) is -1.04. The molecule has 0 radical (unpaired) electrons. The van der Waals surface area contributed by atoms with Crippen molar-refractivity contribution < 1.29 is 14.7 Å². The molecule has 0 aromatic carbocycles. The van der Waals surface area contributed by atoms with E-state index in [1.165, 1.54) is 29.1 Å². The SMILES string of the molecule is O=c1[nH]cnc2c1ncn2O[C@H]1CSC(CO)O1. The molecule has 18 heavy (non-hydrogen) atoms. The van der Waals surface area contributed by atoms with Crippen LogP contribution >= 0.6 is 11.8 Å². The van der Waals surface area contributed by atoms with E-state index in [9.17, 15) is 4.79 Å². The van der Waals surface area contributed by atoms with E-state index in [0.29, 0.717) is 11.4 Å². The highest BCUT2D eigenvalue weighted by Gasteiger charge is 2.27. The second kappa shape index (κ2) is 4.59. The standard InChI is InChI=1S/C9H10N4O4S/c14-1-6-16-5(2-18-6)17-13-4-12-7-8(13)10-3-11-9(7)15/h3-6,14H,1-2H2,(H,10,11,15)/t5-,6?/m0/s1. The molecule has 3 heterocycles. The van der Waals surface area contributed by atoms with Gasteiger partial charge in [-0.1, -0.05) is 0 Å². The number of ether oxygens (including phenoxy) is 1. The van der Waals surface area contributed by atoms with Gasteiger partial charge in [-0.25, -0.2) is 9.97 Å². The van der Waals surface area contributed by atoms with Crippen molar-refractivity contribution in [2.75, 3.05) is 12.4 Å². The summed E-state index contributed by atoms with van der Waals surface area (Å²) in [5.74, 6) is 0.591. The van der Waals surface area contributed by atoms with Gasteiger partial charge in [0.1, 0.15) is 11.8 Å². The van der Waals surface area contributed by atoms with Gasteiger partial charge >= 0.3 is 0 Å². The number of nitrogens with zero attached hydrogens (tertiary/aromatic N) is 3. The summed E-state index contributed by atoms with van der Waals surface area (Å²) in [4.78, 5) is 27.3. The normalized spacial score (nSPS) is 23.6. The Morgan fingerprint density at radius 3 is 3.33 bits per heavy atom. The largest absolute Gasteiger partial charge is 0.393 e. The Morgan fingerprint density at radius 1 is 1.67 bits per heavy atom. The van der Waals surface area contributed by atoms with Crippen LogP contribution in [0.15, 0.2) is 17.4 Å². The van der Waals surface area contributed by atoms with Gasteiger partial charge < -0.3 is 19.7 Å². The molecule has 96 valence electrons. The summed E-state index contributed by atoms with van der Waals surface area (Å²) in [5.41, 5.74) is -0.0555. The molecule has 0 amide bonds. The van der Waals surface area contributed by atoms with Gasteiger partial charge in [0.15, 0.2) is 5.52 Å². The van der Waals surface area contributed by atoms with Crippen LogP contribution in [0.1, 0.15) is 0 Å². The molecule has 0 spiro atoms. The average molecular weight is 270 g/mol. The maximum atomic E-state index is 11.4. The van der Waals surface area contributed by atoms with E-state index in [-0.39, 0.29) is 23.1 Å². The Balaban J connectivity index is 1.83. The minimum Gasteiger partial charge on any atom is -0.393 e. The lowest BCUT2D eigenvalue weighted by Gasteiger charge is -2.13. The molecular formula is C9H10N4O4S. The number of nitrogens with one attached hydrogen (secondary N) is 1. The molecule has 0 aliphatic carbocycles. The van der Waals surface area contributed by atoms with Crippen molar-refractivity contribution in [1.82, 2.24) is 19.7 Å². The quantitative estimate of drug-likeness (QED) is 0.734. The third-order valence-corrected chi connectivity index (χ3v) is 3.51. The number of aromatic nitrogens is 4. The van der Waals surface area contributed by atoms with Crippen LogP contribution in [0.25, 0.3) is 11.2 Å². The first-order valence-electron chi connectivity index (χ1n) is 5.23. The molecule has 1 saturated heterocycles. The predicted molar refractivity (Wildman–Crippen MR) is 62.9 cm³/mol. The maximum Gasteiger partial charge on any atom is 0.279 e. The lowest BCUT2D eigenvalue weighted by Crippen LogP contribution is -2.28. The van der Waals surface area contributed by atoms with Gasteiger partial charge in [0.2, 0.25) is 11.9 Å². The fourth-order valence-electron chi connectivity index (χ4n) is 1.61. The fraction of sp³-hybridized carbons (Fsp3) is 0.444. The summed E-state index contributed by atoms with van der Waals surface area (Å²) in [6.45, 7) is -0.0624. The summed E-state index contributed by atoms with van der Waals surface area (Å²) in [6.07, 6.45) is 2.16. The second-order valence-electron chi connectivity index (χ2n) is 3.59. The topological polar surface area (TPSA) is 102 Å². The number of rotatable bonds is 3. The van der Waals surface area contributed by atoms with Crippen LogP contribution in [0.3, 0.4) is 0 Å². The summed E-state index contributed by atoms with van der Waals surface area (Å²) in [7, 11) is 0. The molecule has 2 atom stereocenters. The molecular weight excluding hydrogens is 260 g/mol. The Bertz CT molecular complexity index is 612. The Morgan fingerprint density at radius 2 is 2.56 bits per heavy atom. The van der Waals surface area contributed by atoms with E-state index in [4.69, 9.17) is 14.7 Å². The zero-order chi connectivity index (χ0) is 12.5. The van der Waals surface area contributed by atoms with Crippen molar-refractivity contribution in [2.45, 2.75) is 11.7 Å². The van der Waals surface area contributed by atoms with Crippen molar-refractivity contribution >= 4 is 22.9 Å². The molecule has 3 rings (SSSR count). The molecule has 1 aliphatic rings. The number of thioether (sulfide) groups is 1. The number of hydrogen-bond acceptors (Lipinski definition) is 7. The summed E-state index contributed by atoms with van der Waals surface area (Å²) >= 11 is 1.46. The van der Waals surface area contributed by atoms with Crippen molar-refractivity contribution in [3.63, 3.8) is 0 Å². The molecule has 2 N–H and O–H groups in total. The first kappa shape index (κ1) is 11.5. The van der Waals surface area contributed by atoms with Gasteiger partial charge in [0.05, 0.1) is 18.7 Å². The third-order valence-electron chi connectivity index (χ3n) is 2.41. The molecule has 9 heteroatoms. The number of aliphatic hydroxyl groups is 1. The van der Waals surface area contributed by atoms with E-state index in [0.717, 1.165) is 0 Å². The third kappa shape index (κ3) is 1.96. The minimum absolute atomic E-state index is 0.0624. The van der Waals surface area contributed by atoms with Crippen LogP contribution in [0.5, 0.6) is 0 Å². The molecule has 2 aromatic rings. The van der Waals surface area contributed by atoms with Gasteiger partial charge in [-0.05, 0) is 0 Å². The zero-order valence-corrected chi connectivity index (χ0v) is 9.96. The average Bonchev–Trinajstić information content (AvgIpc) is 2.98. The molecule has 0 saturated carbocycles. The van der Waals surface area contributed by atoms with E-state index >= 15 is 0 Å². The number of imidazole rings is 1. The highest BCUT2D eigenvalue weighted by molar-refractivity contribution is 8.00. The van der Waals surface area contributed by atoms with Gasteiger partial charge in [0.25, 0.3) is 5.56 Å². The molecule has 2 aromatic heterocycles. The van der Waals surface area contributed by atoms with Crippen molar-refractivity contribution in [1.29, 1.82) is 0 Å². The zero-order valence-electron chi connectivity index (χ0n) is 9.15. The summed E-state index contributed by atoms with van der Waals surface area (Å²) in [5, 5.41) is 8.94. The van der Waals surface area contributed by atoms with Crippen molar-refractivity contribution in [3.05, 3.63) is 23.0 Å². The van der Waals surface area contributed by atoms with E-state index in [1.54, 1.807) is 0 Å². The van der Waals surface area contributed by atoms with E-state index in [2.05, 4.69) is 15.0 Å². The number of aromatic amines is 1. The Labute approximate surface area is 105 Å². The van der Waals surface area contributed by atoms with Crippen LogP contribution in [0.2, 0.25) is 0 Å². The molecule has 1 aliphatic heterocycles. The van der Waals surface area contributed by atoms with E-state index < -0.39 is 6.29 Å². The van der Waals surface area contributed by atoms with E-state index in [1.807, 2.05) is 0 Å². The number of fused-ring (bicyclic) bond motifs is 1. The number of aliphatic hydroxyl groups excluding tert-OH is 1. The lowest BCUT2D eigenvalue weighted by atomic mass is 10.5. The molecule has 1 unspecified atom stereocenters. The monoisotopic (exact) mass is 270 g/mol. The van der Waals surface area contributed by atoms with Crippen LogP contribution < -0.4 is 10.4 Å². The Kier molecular flexibility index (Phi) is 2.94. The highest BCUT2D eigenvalue weighted by atomic mass is 32.2. The van der Waals surface area contributed by atoms with Gasteiger partial charge in [-0.2, -0.15) is 0 Å². The summed E-state index contributed by atoms with van der Waals surface area (Å²) in [6, 6.07) is 0. The smallest absolute Gasteiger partial charge is 0.279 e. The van der Waals surface area contributed by atoms with Crippen LogP contribution in [0.4, 0.5) is 0 Å². The Hall–Kier alpha value is -1.58. The van der Waals surface area contributed by atoms with Crippen LogP contribution in [-0.4, -0.2) is 48.9 Å². The molecule has 1 fully saturated rings. The van der Waals surface area contributed by atoms with Gasteiger partial charge in [-0.15, -0.1) is 16.5 Å². The van der Waals surface area contributed by atoms with Crippen molar-refractivity contribution in [2.24, 2.45) is 0 Å². The number of hydrogen-bond donors (Lipinski definition) is 2. The number of H-pyrrole nitrogens is 1. The highest BCUT2D eigenvalue weighted by Crippen LogP contribution is 2.24. The first-order valence-corrected chi connectivity index (χ1v) is 6.28. The fourth-order valence-corrected chi connectivity index (χ4v) is 2.43. The second-order valence-corrected chi connectivity index (χ2v) is 4.78. The van der Waals surface area contributed by atoms with Gasteiger partial charge in [0, 0.05) is 0 Å². The maximum absolute atomic E-state index is 11.4. The van der Waals surface area contributed by atoms with Crippen LogP contribution in [0, 0.1) is 0 Å². The molecule has 8 nitrogen and oxygen atoms in total. The minimum atomic E-state index is -0.495. The first-order chi connectivity index (χ1) is 8.78.